The summed E-state index contributed by atoms with van der Waals surface area (Å²) in [6.07, 6.45) is 2.32. The molecule has 21 heavy (non-hydrogen) atoms. The molecule has 1 unspecified atom stereocenters. The average Bonchev–Trinajstić information content (AvgIpc) is 2.87. The summed E-state index contributed by atoms with van der Waals surface area (Å²) in [4.78, 5) is 14.4. The van der Waals surface area contributed by atoms with Gasteiger partial charge in [0.05, 0.1) is 19.3 Å². The van der Waals surface area contributed by atoms with Gasteiger partial charge < -0.3 is 15.4 Å². The summed E-state index contributed by atoms with van der Waals surface area (Å²) >= 11 is 0. The van der Waals surface area contributed by atoms with Crippen LogP contribution in [0.3, 0.4) is 0 Å². The molecule has 6 heteroatoms. The molecule has 2 N–H and O–H groups in total. The molecule has 1 heterocycles. The number of likely N-dealkylation sites (N-methyl/N-ethyl adjacent to an activating group) is 1. The molecule has 1 atom stereocenters. The van der Waals surface area contributed by atoms with E-state index < -0.39 is 0 Å². The van der Waals surface area contributed by atoms with Crippen molar-refractivity contribution in [1.29, 1.82) is 0 Å². The monoisotopic (exact) mass is 313 g/mol. The number of ether oxygens (including phenoxy) is 1. The molecule has 5 nitrogen and oxygen atoms in total. The van der Waals surface area contributed by atoms with Crippen molar-refractivity contribution in [2.75, 3.05) is 39.1 Å². The number of anilines is 1. The van der Waals surface area contributed by atoms with Crippen molar-refractivity contribution < 1.29 is 9.53 Å². The molecule has 0 radical (unpaired) electrons. The maximum atomic E-state index is 12.2. The molecule has 1 saturated heterocycles. The number of nitrogens with zero attached hydrogens (tertiary/aromatic N) is 1. The van der Waals surface area contributed by atoms with E-state index in [1.807, 2.05) is 31.3 Å². The van der Waals surface area contributed by atoms with E-state index in [9.17, 15) is 4.79 Å². The van der Waals surface area contributed by atoms with E-state index in [1.54, 1.807) is 7.11 Å². The van der Waals surface area contributed by atoms with Gasteiger partial charge in [-0.3, -0.25) is 9.69 Å². The lowest BCUT2D eigenvalue weighted by molar-refractivity contribution is -0.117. The summed E-state index contributed by atoms with van der Waals surface area (Å²) < 4.78 is 5.24. The highest BCUT2D eigenvalue weighted by atomic mass is 35.5. The van der Waals surface area contributed by atoms with Crippen LogP contribution in [0.5, 0.6) is 5.75 Å². The van der Waals surface area contributed by atoms with Gasteiger partial charge in [-0.05, 0) is 38.6 Å². The van der Waals surface area contributed by atoms with Gasteiger partial charge in [0.25, 0.3) is 0 Å². The standard InChI is InChI=1S/C15H23N3O2.ClH/c1-16-10-12-6-5-9-18(12)11-15(19)17-13-7-3-4-8-14(13)20-2;/h3-4,7-8,12,16H,5-6,9-11H2,1-2H3,(H,17,19);1H. The van der Waals surface area contributed by atoms with Gasteiger partial charge in [-0.25, -0.2) is 0 Å². The summed E-state index contributed by atoms with van der Waals surface area (Å²) in [6.45, 7) is 2.36. The second-order valence-corrected chi connectivity index (χ2v) is 5.07. The molecular weight excluding hydrogens is 290 g/mol. The Morgan fingerprint density at radius 3 is 2.90 bits per heavy atom. The minimum absolute atomic E-state index is 0. The van der Waals surface area contributed by atoms with Crippen LogP contribution < -0.4 is 15.4 Å². The minimum atomic E-state index is 0. The Morgan fingerprint density at radius 1 is 1.43 bits per heavy atom. The van der Waals surface area contributed by atoms with Gasteiger partial charge in [0, 0.05) is 12.6 Å². The largest absolute Gasteiger partial charge is 0.495 e. The van der Waals surface area contributed by atoms with E-state index in [0.29, 0.717) is 18.3 Å². The van der Waals surface area contributed by atoms with Crippen molar-refractivity contribution in [2.45, 2.75) is 18.9 Å². The quantitative estimate of drug-likeness (QED) is 0.840. The van der Waals surface area contributed by atoms with Crippen LogP contribution >= 0.6 is 12.4 Å². The Morgan fingerprint density at radius 2 is 2.19 bits per heavy atom. The van der Waals surface area contributed by atoms with Gasteiger partial charge in [-0.2, -0.15) is 0 Å². The van der Waals surface area contributed by atoms with Crippen LogP contribution in [0, 0.1) is 0 Å². The van der Waals surface area contributed by atoms with Crippen LogP contribution in [-0.2, 0) is 4.79 Å². The molecule has 0 bridgehead atoms. The number of carbonyl (C=O) groups excluding carboxylic acids is 1. The number of rotatable bonds is 6. The Hall–Kier alpha value is -1.30. The maximum Gasteiger partial charge on any atom is 0.238 e. The molecule has 118 valence electrons. The van der Waals surface area contributed by atoms with Crippen LogP contribution in [-0.4, -0.2) is 50.6 Å². The number of carbonyl (C=O) groups is 1. The number of hydrogen-bond donors (Lipinski definition) is 2. The summed E-state index contributed by atoms with van der Waals surface area (Å²) in [5.74, 6) is 0.701. The molecule has 0 saturated carbocycles. The number of nitrogens with one attached hydrogen (secondary N) is 2. The van der Waals surface area contributed by atoms with E-state index in [1.165, 1.54) is 0 Å². The Labute approximate surface area is 132 Å². The normalized spacial score (nSPS) is 18.1. The smallest absolute Gasteiger partial charge is 0.238 e. The lowest BCUT2D eigenvalue weighted by Gasteiger charge is -2.23. The van der Waals surface area contributed by atoms with Crippen molar-refractivity contribution in [3.05, 3.63) is 24.3 Å². The fourth-order valence-electron chi connectivity index (χ4n) is 2.69. The molecule has 0 aliphatic carbocycles. The predicted molar refractivity (Wildman–Crippen MR) is 87.4 cm³/mol. The van der Waals surface area contributed by atoms with E-state index in [-0.39, 0.29) is 18.3 Å². The lowest BCUT2D eigenvalue weighted by atomic mass is 10.2. The zero-order valence-corrected chi connectivity index (χ0v) is 13.4. The number of halogens is 1. The summed E-state index contributed by atoms with van der Waals surface area (Å²) in [7, 11) is 3.56. The van der Waals surface area contributed by atoms with Crippen LogP contribution in [0.25, 0.3) is 0 Å². The molecule has 1 aromatic rings. The van der Waals surface area contributed by atoms with Crippen LogP contribution in [0.4, 0.5) is 5.69 Å². The molecule has 1 amide bonds. The molecule has 1 aromatic carbocycles. The first-order valence-electron chi connectivity index (χ1n) is 7.06. The fraction of sp³-hybridized carbons (Fsp3) is 0.533. The number of para-hydroxylation sites is 2. The first kappa shape index (κ1) is 17.8. The average molecular weight is 314 g/mol. The third-order valence-electron chi connectivity index (χ3n) is 3.67. The van der Waals surface area contributed by atoms with Crippen molar-refractivity contribution in [1.82, 2.24) is 10.2 Å². The van der Waals surface area contributed by atoms with Gasteiger partial charge >= 0.3 is 0 Å². The summed E-state index contributed by atoms with van der Waals surface area (Å²) in [5.41, 5.74) is 0.726. The van der Waals surface area contributed by atoms with Crippen molar-refractivity contribution in [3.63, 3.8) is 0 Å². The lowest BCUT2D eigenvalue weighted by Crippen LogP contribution is -2.41. The number of methoxy groups -OCH3 is 1. The molecule has 2 rings (SSSR count). The SMILES string of the molecule is CNCC1CCCN1CC(=O)Nc1ccccc1OC.Cl. The van der Waals surface area contributed by atoms with Crippen LogP contribution in [0.2, 0.25) is 0 Å². The van der Waals surface area contributed by atoms with Crippen molar-refractivity contribution in [2.24, 2.45) is 0 Å². The van der Waals surface area contributed by atoms with E-state index in [2.05, 4.69) is 15.5 Å². The van der Waals surface area contributed by atoms with Crippen molar-refractivity contribution in [3.8, 4) is 5.75 Å². The van der Waals surface area contributed by atoms with Crippen molar-refractivity contribution >= 4 is 24.0 Å². The zero-order valence-electron chi connectivity index (χ0n) is 12.6. The maximum absolute atomic E-state index is 12.2. The molecule has 1 fully saturated rings. The Bertz CT molecular complexity index is 456. The third kappa shape index (κ3) is 4.88. The van der Waals surface area contributed by atoms with E-state index in [4.69, 9.17) is 4.74 Å². The minimum Gasteiger partial charge on any atom is -0.495 e. The zero-order chi connectivity index (χ0) is 14.4. The first-order chi connectivity index (χ1) is 9.74. The second kappa shape index (κ2) is 8.87. The van der Waals surface area contributed by atoms with Gasteiger partial charge in [-0.15, -0.1) is 12.4 Å². The van der Waals surface area contributed by atoms with Gasteiger partial charge in [0.2, 0.25) is 5.91 Å². The molecule has 1 aliphatic heterocycles. The number of likely N-dealkylation sites (tertiary alicyclic amines) is 1. The second-order valence-electron chi connectivity index (χ2n) is 5.07. The predicted octanol–water partition coefficient (Wildman–Crippen LogP) is 1.74. The number of benzene rings is 1. The molecular formula is C15H24ClN3O2. The molecule has 1 aliphatic rings. The third-order valence-corrected chi connectivity index (χ3v) is 3.67. The fourth-order valence-corrected chi connectivity index (χ4v) is 2.69. The Balaban J connectivity index is 0.00000220. The van der Waals surface area contributed by atoms with Gasteiger partial charge in [-0.1, -0.05) is 12.1 Å². The van der Waals surface area contributed by atoms with E-state index >= 15 is 0 Å². The van der Waals surface area contributed by atoms with Crippen LogP contribution in [0.15, 0.2) is 24.3 Å². The highest BCUT2D eigenvalue weighted by Gasteiger charge is 2.25. The number of amides is 1. The highest BCUT2D eigenvalue weighted by molar-refractivity contribution is 5.93. The summed E-state index contributed by atoms with van der Waals surface area (Å²) in [5, 5.41) is 6.11. The summed E-state index contributed by atoms with van der Waals surface area (Å²) in [6, 6.07) is 7.93. The van der Waals surface area contributed by atoms with E-state index in [0.717, 1.165) is 31.6 Å². The molecule has 0 spiro atoms. The Kier molecular flexibility index (Phi) is 7.50. The molecule has 0 aromatic heterocycles. The van der Waals surface area contributed by atoms with Crippen LogP contribution in [0.1, 0.15) is 12.8 Å². The van der Waals surface area contributed by atoms with Gasteiger partial charge in [0.1, 0.15) is 5.75 Å². The number of hydrogen-bond acceptors (Lipinski definition) is 4. The van der Waals surface area contributed by atoms with Gasteiger partial charge in [0.15, 0.2) is 0 Å². The topological polar surface area (TPSA) is 53.6 Å². The highest BCUT2D eigenvalue weighted by Crippen LogP contribution is 2.23. The first-order valence-corrected chi connectivity index (χ1v) is 7.06.